The summed E-state index contributed by atoms with van der Waals surface area (Å²) in [5, 5.41) is 13.5. The molecule has 0 fully saturated rings. The minimum Gasteiger partial charge on any atom is -0.507 e. The van der Waals surface area contributed by atoms with Gasteiger partial charge in [0.2, 0.25) is 11.6 Å². The normalized spacial score (nSPS) is 22.2. The topological polar surface area (TPSA) is 110 Å². The monoisotopic (exact) mass is 389 g/mol. The van der Waals surface area contributed by atoms with Gasteiger partial charge in [0.05, 0.1) is 0 Å². The van der Waals surface area contributed by atoms with Gasteiger partial charge in [-0.05, 0) is 50.7 Å². The Balaban J connectivity index is 2.40. The van der Waals surface area contributed by atoms with Crippen LogP contribution < -0.4 is 5.32 Å². The van der Waals surface area contributed by atoms with Crippen LogP contribution in [0, 0.1) is 5.92 Å². The Morgan fingerprint density at radius 3 is 2.43 bits per heavy atom. The summed E-state index contributed by atoms with van der Waals surface area (Å²) in [6, 6.07) is 3.20. The second-order valence-corrected chi connectivity index (χ2v) is 7.22. The molecule has 1 aliphatic heterocycles. The number of carbonyl (C=O) groups excluding carboxylic acids is 4. The molecule has 1 aliphatic rings. The fourth-order valence-electron chi connectivity index (χ4n) is 3.18. The molecule has 0 saturated heterocycles. The number of cyclic esters (lactones) is 1. The lowest BCUT2D eigenvalue weighted by atomic mass is 9.94. The Morgan fingerprint density at radius 2 is 1.75 bits per heavy atom. The minimum atomic E-state index is -0.960. The maximum atomic E-state index is 12.7. The van der Waals surface area contributed by atoms with Crippen molar-refractivity contribution in [1.82, 2.24) is 0 Å². The number of aromatic hydroxyl groups is 1. The van der Waals surface area contributed by atoms with Crippen LogP contribution in [0.1, 0.15) is 62.4 Å². The highest BCUT2D eigenvalue weighted by Crippen LogP contribution is 2.30. The van der Waals surface area contributed by atoms with Crippen LogP contribution in [-0.4, -0.2) is 41.1 Å². The van der Waals surface area contributed by atoms with Crippen LogP contribution in [0.2, 0.25) is 0 Å². The number of phenols is 1. The van der Waals surface area contributed by atoms with E-state index in [0.717, 1.165) is 0 Å². The number of ether oxygens (including phenoxy) is 1. The number of fused-ring (bicyclic) bond motifs is 1. The fraction of sp³-hybridized carbons (Fsp3) is 0.524. The van der Waals surface area contributed by atoms with Gasteiger partial charge in [-0.2, -0.15) is 0 Å². The number of ketones is 3. The molecule has 0 radical (unpaired) electrons. The number of esters is 1. The zero-order valence-electron chi connectivity index (χ0n) is 16.5. The molecule has 7 heteroatoms. The third kappa shape index (κ3) is 5.18. The predicted octanol–water partition coefficient (Wildman–Crippen LogP) is 2.83. The number of benzene rings is 1. The number of rotatable bonds is 2. The van der Waals surface area contributed by atoms with Crippen molar-refractivity contribution >= 4 is 29.0 Å². The SMILES string of the molecule is CCNc1cc(O)c2c(c1)CCCC(=O)C(=O)C(=O)CC[C@H](C)[C@H](C)OC2=O. The van der Waals surface area contributed by atoms with E-state index in [1.807, 2.05) is 6.92 Å². The van der Waals surface area contributed by atoms with Gasteiger partial charge >= 0.3 is 5.97 Å². The summed E-state index contributed by atoms with van der Waals surface area (Å²) >= 11 is 0. The van der Waals surface area contributed by atoms with Crippen molar-refractivity contribution < 1.29 is 29.0 Å². The summed E-state index contributed by atoms with van der Waals surface area (Å²) in [4.78, 5) is 48.7. The molecule has 0 unspecified atom stereocenters. The maximum Gasteiger partial charge on any atom is 0.342 e. The number of nitrogens with one attached hydrogen (secondary N) is 1. The summed E-state index contributed by atoms with van der Waals surface area (Å²) in [6.45, 7) is 6.04. The van der Waals surface area contributed by atoms with Gasteiger partial charge in [-0.1, -0.05) is 6.92 Å². The molecule has 152 valence electrons. The maximum absolute atomic E-state index is 12.7. The first-order chi connectivity index (χ1) is 13.2. The van der Waals surface area contributed by atoms with E-state index in [-0.39, 0.29) is 42.9 Å². The smallest absolute Gasteiger partial charge is 0.342 e. The van der Waals surface area contributed by atoms with Gasteiger partial charge in [-0.15, -0.1) is 0 Å². The largest absolute Gasteiger partial charge is 0.507 e. The standard InChI is InChI=1S/C21H27NO6/c1-4-22-15-10-14-6-5-7-16(23)20(26)17(24)9-8-12(2)13(3)28-21(27)19(14)18(25)11-15/h10-13,22,25H,4-9H2,1-3H3/t12-,13-/m0/s1. The number of hydrogen-bond donors (Lipinski definition) is 2. The van der Waals surface area contributed by atoms with Crippen LogP contribution in [0.5, 0.6) is 5.75 Å². The summed E-state index contributed by atoms with van der Waals surface area (Å²) in [5.41, 5.74) is 1.25. The minimum absolute atomic E-state index is 0.0541. The van der Waals surface area contributed by atoms with E-state index in [1.165, 1.54) is 6.07 Å². The van der Waals surface area contributed by atoms with Crippen LogP contribution >= 0.6 is 0 Å². The number of Topliss-reactive ketones (excluding diaryl/α,β-unsaturated/α-hetero) is 3. The Hall–Kier alpha value is -2.70. The zero-order chi connectivity index (χ0) is 20.8. The predicted molar refractivity (Wildman–Crippen MR) is 104 cm³/mol. The molecule has 2 rings (SSSR count). The quantitative estimate of drug-likeness (QED) is 0.591. The molecule has 0 spiro atoms. The summed E-state index contributed by atoms with van der Waals surface area (Å²) in [5.74, 6) is -3.38. The average Bonchev–Trinajstić information content (AvgIpc) is 2.64. The van der Waals surface area contributed by atoms with Crippen molar-refractivity contribution in [2.45, 2.75) is 59.0 Å². The van der Waals surface area contributed by atoms with Crippen LogP contribution in [0.3, 0.4) is 0 Å². The second-order valence-electron chi connectivity index (χ2n) is 7.22. The van der Waals surface area contributed by atoms with E-state index >= 15 is 0 Å². The summed E-state index contributed by atoms with van der Waals surface area (Å²) in [6.07, 6.45) is 0.228. The van der Waals surface area contributed by atoms with Crippen molar-refractivity contribution in [2.24, 2.45) is 5.92 Å². The Labute approximate surface area is 164 Å². The molecule has 28 heavy (non-hydrogen) atoms. The van der Waals surface area contributed by atoms with E-state index in [2.05, 4.69) is 5.32 Å². The average molecular weight is 389 g/mol. The van der Waals surface area contributed by atoms with Crippen LogP contribution in [0.4, 0.5) is 5.69 Å². The Bertz CT molecular complexity index is 785. The number of hydrogen-bond acceptors (Lipinski definition) is 7. The molecule has 0 bridgehead atoms. The van der Waals surface area contributed by atoms with Gasteiger partial charge in [-0.25, -0.2) is 4.79 Å². The second kappa shape index (κ2) is 9.48. The lowest BCUT2D eigenvalue weighted by Crippen LogP contribution is -2.27. The highest BCUT2D eigenvalue weighted by atomic mass is 16.5. The molecule has 2 atom stereocenters. The molecule has 7 nitrogen and oxygen atoms in total. The third-order valence-corrected chi connectivity index (χ3v) is 5.06. The lowest BCUT2D eigenvalue weighted by Gasteiger charge is -2.22. The van der Waals surface area contributed by atoms with E-state index in [4.69, 9.17) is 4.74 Å². The molecule has 0 amide bonds. The number of phenolic OH excluding ortho intramolecular Hbond substituents is 1. The van der Waals surface area contributed by atoms with E-state index < -0.39 is 29.4 Å². The van der Waals surface area contributed by atoms with Crippen molar-refractivity contribution in [1.29, 1.82) is 0 Å². The number of anilines is 1. The van der Waals surface area contributed by atoms with Crippen molar-refractivity contribution in [2.75, 3.05) is 11.9 Å². The number of aryl methyl sites for hydroxylation is 1. The summed E-state index contributed by atoms with van der Waals surface area (Å²) in [7, 11) is 0. The molecule has 0 aliphatic carbocycles. The molecule has 1 aromatic carbocycles. The fourth-order valence-corrected chi connectivity index (χ4v) is 3.18. The molecular weight excluding hydrogens is 362 g/mol. The highest BCUT2D eigenvalue weighted by Gasteiger charge is 2.27. The van der Waals surface area contributed by atoms with Crippen molar-refractivity contribution in [3.05, 3.63) is 23.3 Å². The van der Waals surface area contributed by atoms with Gasteiger partial charge in [0.25, 0.3) is 5.78 Å². The Morgan fingerprint density at radius 1 is 1.07 bits per heavy atom. The summed E-state index contributed by atoms with van der Waals surface area (Å²) < 4.78 is 5.52. The van der Waals surface area contributed by atoms with E-state index in [9.17, 15) is 24.3 Å². The molecule has 0 saturated carbocycles. The molecule has 1 heterocycles. The van der Waals surface area contributed by atoms with Gasteiger partial charge in [0.15, 0.2) is 0 Å². The molecule has 2 N–H and O–H groups in total. The first-order valence-corrected chi connectivity index (χ1v) is 9.65. The van der Waals surface area contributed by atoms with Crippen LogP contribution in [0.15, 0.2) is 12.1 Å². The van der Waals surface area contributed by atoms with E-state index in [1.54, 1.807) is 19.9 Å². The van der Waals surface area contributed by atoms with E-state index in [0.29, 0.717) is 24.2 Å². The number of carbonyl (C=O) groups is 4. The molecule has 0 aromatic heterocycles. The van der Waals surface area contributed by atoms with Gasteiger partial charge in [0, 0.05) is 31.1 Å². The van der Waals surface area contributed by atoms with Crippen molar-refractivity contribution in [3.8, 4) is 5.75 Å². The van der Waals surface area contributed by atoms with Crippen LogP contribution in [-0.2, 0) is 25.5 Å². The lowest BCUT2D eigenvalue weighted by molar-refractivity contribution is -0.144. The first-order valence-electron chi connectivity index (χ1n) is 9.65. The zero-order valence-corrected chi connectivity index (χ0v) is 16.5. The first kappa shape index (κ1) is 21.6. The molecular formula is C21H27NO6. The van der Waals surface area contributed by atoms with Gasteiger partial charge in [0.1, 0.15) is 17.4 Å². The van der Waals surface area contributed by atoms with Crippen LogP contribution in [0.25, 0.3) is 0 Å². The third-order valence-electron chi connectivity index (χ3n) is 5.06. The van der Waals surface area contributed by atoms with Gasteiger partial charge in [-0.3, -0.25) is 14.4 Å². The van der Waals surface area contributed by atoms with Crippen molar-refractivity contribution in [3.63, 3.8) is 0 Å². The molecule has 1 aromatic rings. The highest BCUT2D eigenvalue weighted by molar-refractivity contribution is 6.63. The van der Waals surface area contributed by atoms with Gasteiger partial charge < -0.3 is 15.2 Å². The Kier molecular flexibility index (Phi) is 7.31.